The third-order valence-electron chi connectivity index (χ3n) is 2.81. The van der Waals surface area contributed by atoms with E-state index in [0.29, 0.717) is 18.0 Å². The summed E-state index contributed by atoms with van der Waals surface area (Å²) < 4.78 is 20.5. The molecule has 19 heavy (non-hydrogen) atoms. The summed E-state index contributed by atoms with van der Waals surface area (Å²) in [6, 6.07) is 2.74. The van der Waals surface area contributed by atoms with Crippen LogP contribution in [0.2, 0.25) is 0 Å². The number of nitrogens with zero attached hydrogens (tertiary/aromatic N) is 3. The number of hydrogen-bond donors (Lipinski definition) is 1. The summed E-state index contributed by atoms with van der Waals surface area (Å²) in [6.45, 7) is 2.61. The summed E-state index contributed by atoms with van der Waals surface area (Å²) in [7, 11) is 1.48. The van der Waals surface area contributed by atoms with Crippen molar-refractivity contribution in [3.8, 4) is 5.75 Å². The van der Waals surface area contributed by atoms with Crippen LogP contribution in [-0.2, 0) is 6.54 Å². The second-order valence-electron chi connectivity index (χ2n) is 4.09. The van der Waals surface area contributed by atoms with Gasteiger partial charge in [-0.15, -0.1) is 0 Å². The highest BCUT2D eigenvalue weighted by molar-refractivity contribution is 5.32. The van der Waals surface area contributed by atoms with Gasteiger partial charge in [0.25, 0.3) is 0 Å². The first-order chi connectivity index (χ1) is 9.19. The Hall–Kier alpha value is -1.95. The number of pyridine rings is 1. The smallest absolute Gasteiger partial charge is 0.163 e. The summed E-state index contributed by atoms with van der Waals surface area (Å²) >= 11 is 0. The molecule has 6 heteroatoms. The number of halogens is 1. The molecule has 1 unspecified atom stereocenters. The van der Waals surface area contributed by atoms with E-state index >= 15 is 0 Å². The molecule has 0 aromatic carbocycles. The van der Waals surface area contributed by atoms with E-state index in [4.69, 9.17) is 4.74 Å². The molecule has 1 N–H and O–H groups in total. The monoisotopic (exact) mass is 265 g/mol. The van der Waals surface area contributed by atoms with E-state index in [9.17, 15) is 9.50 Å². The maximum Gasteiger partial charge on any atom is 0.163 e. The first-order valence-corrected chi connectivity index (χ1v) is 6.07. The van der Waals surface area contributed by atoms with E-state index in [1.165, 1.54) is 31.6 Å². The van der Waals surface area contributed by atoms with E-state index < -0.39 is 11.9 Å². The number of aliphatic hydroxyl groups excluding tert-OH is 1. The molecule has 0 fully saturated rings. The Morgan fingerprint density at radius 3 is 2.95 bits per heavy atom. The van der Waals surface area contributed by atoms with Gasteiger partial charge in [0, 0.05) is 12.7 Å². The molecule has 0 amide bonds. The standard InChI is InChI=1S/C13H16FN3O2/c1-3-7-17-12(10(19-2)8-16-17)13(18)11-9(14)5-4-6-15-11/h4-6,8,13,18H,3,7H2,1-2H3. The van der Waals surface area contributed by atoms with Crippen LogP contribution < -0.4 is 4.74 Å². The van der Waals surface area contributed by atoms with Crippen molar-refractivity contribution in [2.24, 2.45) is 0 Å². The molecule has 102 valence electrons. The van der Waals surface area contributed by atoms with Crippen LogP contribution >= 0.6 is 0 Å². The lowest BCUT2D eigenvalue weighted by Crippen LogP contribution is -2.13. The van der Waals surface area contributed by atoms with Crippen LogP contribution in [0.15, 0.2) is 24.5 Å². The Balaban J connectivity index is 2.45. The average molecular weight is 265 g/mol. The van der Waals surface area contributed by atoms with Gasteiger partial charge in [-0.3, -0.25) is 9.67 Å². The molecule has 2 aromatic heterocycles. The Morgan fingerprint density at radius 2 is 2.32 bits per heavy atom. The van der Waals surface area contributed by atoms with Crippen molar-refractivity contribution in [3.05, 3.63) is 41.7 Å². The van der Waals surface area contributed by atoms with Crippen LogP contribution in [0.25, 0.3) is 0 Å². The molecular weight excluding hydrogens is 249 g/mol. The molecule has 0 spiro atoms. The lowest BCUT2D eigenvalue weighted by atomic mass is 10.1. The molecule has 2 heterocycles. The van der Waals surface area contributed by atoms with Crippen LogP contribution in [-0.4, -0.2) is 27.0 Å². The zero-order valence-corrected chi connectivity index (χ0v) is 10.9. The van der Waals surface area contributed by atoms with Gasteiger partial charge in [0.1, 0.15) is 23.3 Å². The highest BCUT2D eigenvalue weighted by atomic mass is 19.1. The fourth-order valence-electron chi connectivity index (χ4n) is 1.93. The summed E-state index contributed by atoms with van der Waals surface area (Å²) in [5.41, 5.74) is 0.389. The highest BCUT2D eigenvalue weighted by Crippen LogP contribution is 2.30. The predicted molar refractivity (Wildman–Crippen MR) is 67.3 cm³/mol. The molecule has 1 atom stereocenters. The maximum atomic E-state index is 13.7. The van der Waals surface area contributed by atoms with Gasteiger partial charge in [-0.1, -0.05) is 6.92 Å². The number of rotatable bonds is 5. The predicted octanol–water partition coefficient (Wildman–Crippen LogP) is 1.92. The van der Waals surface area contributed by atoms with Crippen molar-refractivity contribution < 1.29 is 14.2 Å². The zero-order chi connectivity index (χ0) is 13.8. The van der Waals surface area contributed by atoms with E-state index in [2.05, 4.69) is 10.1 Å². The second kappa shape index (κ2) is 5.79. The van der Waals surface area contributed by atoms with Gasteiger partial charge in [0.05, 0.1) is 13.3 Å². The highest BCUT2D eigenvalue weighted by Gasteiger charge is 2.24. The molecule has 0 aliphatic rings. The molecule has 0 radical (unpaired) electrons. The molecule has 0 aliphatic carbocycles. The van der Waals surface area contributed by atoms with Crippen molar-refractivity contribution in [1.82, 2.24) is 14.8 Å². The van der Waals surface area contributed by atoms with E-state index in [0.717, 1.165) is 6.42 Å². The van der Waals surface area contributed by atoms with E-state index in [1.807, 2.05) is 6.92 Å². The second-order valence-corrected chi connectivity index (χ2v) is 4.09. The summed E-state index contributed by atoms with van der Waals surface area (Å²) in [6.07, 6.45) is 2.59. The fourth-order valence-corrected chi connectivity index (χ4v) is 1.93. The Bertz CT molecular complexity index is 557. The zero-order valence-electron chi connectivity index (χ0n) is 10.9. The molecule has 0 bridgehead atoms. The van der Waals surface area contributed by atoms with Crippen LogP contribution in [0, 0.1) is 5.82 Å². The van der Waals surface area contributed by atoms with Crippen molar-refractivity contribution in [1.29, 1.82) is 0 Å². The first kappa shape index (κ1) is 13.5. The molecule has 2 rings (SSSR count). The Kier molecular flexibility index (Phi) is 4.11. The minimum absolute atomic E-state index is 0.0290. The van der Waals surface area contributed by atoms with Crippen molar-refractivity contribution in [2.75, 3.05) is 7.11 Å². The lowest BCUT2D eigenvalue weighted by Gasteiger charge is -2.14. The summed E-state index contributed by atoms with van der Waals surface area (Å²) in [4.78, 5) is 3.89. The van der Waals surface area contributed by atoms with Gasteiger partial charge in [0.2, 0.25) is 0 Å². The number of aryl methyl sites for hydroxylation is 1. The maximum absolute atomic E-state index is 13.7. The van der Waals surface area contributed by atoms with E-state index in [-0.39, 0.29) is 5.69 Å². The van der Waals surface area contributed by atoms with Crippen LogP contribution in [0.1, 0.15) is 30.8 Å². The van der Waals surface area contributed by atoms with Crippen molar-refractivity contribution >= 4 is 0 Å². The minimum Gasteiger partial charge on any atom is -0.493 e. The van der Waals surface area contributed by atoms with Gasteiger partial charge in [-0.05, 0) is 18.6 Å². The number of methoxy groups -OCH3 is 1. The van der Waals surface area contributed by atoms with Gasteiger partial charge in [0.15, 0.2) is 5.75 Å². The fraction of sp³-hybridized carbons (Fsp3) is 0.385. The van der Waals surface area contributed by atoms with Gasteiger partial charge in [-0.25, -0.2) is 4.39 Å². The molecular formula is C13H16FN3O2. The Labute approximate surface area is 110 Å². The number of hydrogen-bond acceptors (Lipinski definition) is 4. The molecule has 0 saturated heterocycles. The van der Waals surface area contributed by atoms with Crippen LogP contribution in [0.3, 0.4) is 0 Å². The van der Waals surface area contributed by atoms with Crippen LogP contribution in [0.5, 0.6) is 5.75 Å². The normalized spacial score (nSPS) is 12.4. The minimum atomic E-state index is -1.20. The molecule has 2 aromatic rings. The third-order valence-corrected chi connectivity index (χ3v) is 2.81. The summed E-state index contributed by atoms with van der Waals surface area (Å²) in [5, 5.41) is 14.5. The van der Waals surface area contributed by atoms with Gasteiger partial charge in [-0.2, -0.15) is 5.10 Å². The largest absolute Gasteiger partial charge is 0.493 e. The van der Waals surface area contributed by atoms with E-state index in [1.54, 1.807) is 4.68 Å². The topological polar surface area (TPSA) is 60.2 Å². The SMILES string of the molecule is CCCn1ncc(OC)c1C(O)c1ncccc1F. The van der Waals surface area contributed by atoms with Crippen molar-refractivity contribution in [3.63, 3.8) is 0 Å². The average Bonchev–Trinajstić information content (AvgIpc) is 2.82. The summed E-state index contributed by atoms with van der Waals surface area (Å²) in [5.74, 6) is -0.132. The lowest BCUT2D eigenvalue weighted by molar-refractivity contribution is 0.192. The van der Waals surface area contributed by atoms with Gasteiger partial charge >= 0.3 is 0 Å². The third kappa shape index (κ3) is 2.58. The first-order valence-electron chi connectivity index (χ1n) is 6.07. The number of ether oxygens (including phenoxy) is 1. The molecule has 5 nitrogen and oxygen atoms in total. The molecule has 0 saturated carbocycles. The van der Waals surface area contributed by atoms with Gasteiger partial charge < -0.3 is 9.84 Å². The van der Waals surface area contributed by atoms with Crippen molar-refractivity contribution in [2.45, 2.75) is 26.0 Å². The van der Waals surface area contributed by atoms with Crippen LogP contribution in [0.4, 0.5) is 4.39 Å². The Morgan fingerprint density at radius 1 is 1.53 bits per heavy atom. The quantitative estimate of drug-likeness (QED) is 0.897. The molecule has 0 aliphatic heterocycles. The number of aliphatic hydroxyl groups is 1. The number of aromatic nitrogens is 3.